The highest BCUT2D eigenvalue weighted by atomic mass is 35.5. The van der Waals surface area contributed by atoms with E-state index in [1.165, 1.54) is 0 Å². The lowest BCUT2D eigenvalue weighted by atomic mass is 9.93. The van der Waals surface area contributed by atoms with Crippen LogP contribution in [0.15, 0.2) is 24.3 Å². The van der Waals surface area contributed by atoms with Crippen LogP contribution in [0, 0.1) is 5.92 Å². The van der Waals surface area contributed by atoms with Gasteiger partial charge in [-0.25, -0.2) is 0 Å². The van der Waals surface area contributed by atoms with Crippen molar-refractivity contribution >= 4 is 29.8 Å². The normalized spacial score (nSPS) is 18.4. The molecule has 1 aliphatic heterocycles. The average Bonchev–Trinajstić information content (AvgIpc) is 2.18. The van der Waals surface area contributed by atoms with Gasteiger partial charge in [-0.2, -0.15) is 0 Å². The molecule has 5 heteroatoms. The third kappa shape index (κ3) is 1.94. The van der Waals surface area contributed by atoms with E-state index in [0.29, 0.717) is 5.56 Å². The summed E-state index contributed by atoms with van der Waals surface area (Å²) < 4.78 is 0. The quantitative estimate of drug-likeness (QED) is 0.712. The predicted molar refractivity (Wildman–Crippen MR) is 57.6 cm³/mol. The molecule has 0 aromatic heterocycles. The van der Waals surface area contributed by atoms with E-state index < -0.39 is 11.9 Å². The average molecular weight is 228 g/mol. The minimum absolute atomic E-state index is 0. The van der Waals surface area contributed by atoms with Gasteiger partial charge >= 0.3 is 5.97 Å². The van der Waals surface area contributed by atoms with Crippen LogP contribution in [0.3, 0.4) is 0 Å². The maximum atomic E-state index is 11.6. The van der Waals surface area contributed by atoms with Gasteiger partial charge in [0.25, 0.3) is 0 Å². The monoisotopic (exact) mass is 227 g/mol. The van der Waals surface area contributed by atoms with Crippen molar-refractivity contribution in [2.24, 2.45) is 5.92 Å². The van der Waals surface area contributed by atoms with E-state index >= 15 is 0 Å². The second-order valence-electron chi connectivity index (χ2n) is 3.18. The molecular weight excluding hydrogens is 218 g/mol. The van der Waals surface area contributed by atoms with Gasteiger partial charge < -0.3 is 10.4 Å². The first kappa shape index (κ1) is 11.5. The van der Waals surface area contributed by atoms with Gasteiger partial charge in [-0.1, -0.05) is 12.1 Å². The molecule has 0 radical (unpaired) electrons. The second-order valence-corrected chi connectivity index (χ2v) is 3.18. The maximum Gasteiger partial charge on any atom is 0.316 e. The van der Waals surface area contributed by atoms with Gasteiger partial charge in [0.05, 0.1) is 0 Å². The Labute approximate surface area is 92.7 Å². The van der Waals surface area contributed by atoms with Gasteiger partial charge in [-0.3, -0.25) is 9.59 Å². The van der Waals surface area contributed by atoms with Gasteiger partial charge in [0.2, 0.25) is 0 Å². The van der Waals surface area contributed by atoms with Crippen molar-refractivity contribution in [1.82, 2.24) is 0 Å². The van der Waals surface area contributed by atoms with Gasteiger partial charge in [0.15, 0.2) is 5.78 Å². The topological polar surface area (TPSA) is 66.4 Å². The number of hydrogen-bond acceptors (Lipinski definition) is 3. The zero-order chi connectivity index (χ0) is 10.1. The number of carboxylic acids is 1. The molecule has 1 aromatic rings. The minimum Gasteiger partial charge on any atom is -0.481 e. The molecule has 0 aliphatic carbocycles. The fraction of sp³-hybridized carbons (Fsp3) is 0.200. The first-order chi connectivity index (χ1) is 6.70. The number of benzene rings is 1. The second kappa shape index (κ2) is 4.31. The van der Waals surface area contributed by atoms with Crippen molar-refractivity contribution < 1.29 is 14.7 Å². The molecule has 0 bridgehead atoms. The van der Waals surface area contributed by atoms with E-state index in [1.54, 1.807) is 24.3 Å². The lowest BCUT2D eigenvalue weighted by Crippen LogP contribution is -2.35. The van der Waals surface area contributed by atoms with E-state index in [0.717, 1.165) is 5.69 Å². The molecule has 2 rings (SSSR count). The smallest absolute Gasteiger partial charge is 0.316 e. The van der Waals surface area contributed by atoms with Crippen LogP contribution in [0.25, 0.3) is 0 Å². The third-order valence-corrected chi connectivity index (χ3v) is 2.30. The Bertz CT molecular complexity index is 405. The maximum absolute atomic E-state index is 11.6. The Morgan fingerprint density at radius 2 is 2.07 bits per heavy atom. The van der Waals surface area contributed by atoms with Crippen molar-refractivity contribution in [3.63, 3.8) is 0 Å². The first-order valence-corrected chi connectivity index (χ1v) is 4.30. The zero-order valence-electron chi connectivity index (χ0n) is 7.77. The molecule has 0 saturated heterocycles. The number of nitrogens with one attached hydrogen (secondary N) is 1. The summed E-state index contributed by atoms with van der Waals surface area (Å²) in [6, 6.07) is 6.94. The van der Waals surface area contributed by atoms with Gasteiger partial charge in [0, 0.05) is 17.8 Å². The standard InChI is InChI=1S/C10H9NO3.ClH/c12-9-6-3-1-2-4-8(6)11-5-7(9)10(13)14;/h1-4,7,11H,5H2,(H,13,14);1H. The number of aliphatic carboxylic acids is 1. The number of anilines is 1. The summed E-state index contributed by atoms with van der Waals surface area (Å²) in [5.41, 5.74) is 1.18. The largest absolute Gasteiger partial charge is 0.481 e. The van der Waals surface area contributed by atoms with Crippen molar-refractivity contribution in [2.45, 2.75) is 0 Å². The van der Waals surface area contributed by atoms with Crippen LogP contribution < -0.4 is 5.32 Å². The van der Waals surface area contributed by atoms with Crippen LogP contribution >= 0.6 is 12.4 Å². The highest BCUT2D eigenvalue weighted by Crippen LogP contribution is 2.24. The molecule has 1 atom stereocenters. The van der Waals surface area contributed by atoms with Crippen LogP contribution in [-0.4, -0.2) is 23.4 Å². The number of carbonyl (C=O) groups excluding carboxylic acids is 1. The Hall–Kier alpha value is -1.55. The summed E-state index contributed by atoms with van der Waals surface area (Å²) in [5, 5.41) is 11.7. The first-order valence-electron chi connectivity index (χ1n) is 4.30. The van der Waals surface area contributed by atoms with Gasteiger partial charge in [0.1, 0.15) is 5.92 Å². The Balaban J connectivity index is 0.00000112. The van der Waals surface area contributed by atoms with Crippen LogP contribution in [-0.2, 0) is 4.79 Å². The molecule has 0 spiro atoms. The van der Waals surface area contributed by atoms with Crippen LogP contribution in [0.4, 0.5) is 5.69 Å². The molecule has 1 heterocycles. The zero-order valence-corrected chi connectivity index (χ0v) is 8.58. The number of para-hydroxylation sites is 1. The Morgan fingerprint density at radius 1 is 1.40 bits per heavy atom. The highest BCUT2D eigenvalue weighted by molar-refractivity contribution is 6.12. The number of ketones is 1. The van der Waals surface area contributed by atoms with E-state index in [4.69, 9.17) is 5.11 Å². The summed E-state index contributed by atoms with van der Waals surface area (Å²) in [5.74, 6) is -2.34. The highest BCUT2D eigenvalue weighted by Gasteiger charge is 2.32. The fourth-order valence-electron chi connectivity index (χ4n) is 1.54. The van der Waals surface area contributed by atoms with Crippen LogP contribution in [0.2, 0.25) is 0 Å². The number of carbonyl (C=O) groups is 2. The fourth-order valence-corrected chi connectivity index (χ4v) is 1.54. The van der Waals surface area contributed by atoms with E-state index in [-0.39, 0.29) is 24.7 Å². The lowest BCUT2D eigenvalue weighted by molar-refractivity contribution is -0.139. The van der Waals surface area contributed by atoms with Gasteiger partial charge in [-0.05, 0) is 12.1 Å². The molecule has 4 nitrogen and oxygen atoms in total. The van der Waals surface area contributed by atoms with E-state index in [2.05, 4.69) is 5.32 Å². The molecule has 1 aromatic carbocycles. The molecule has 1 aliphatic rings. The van der Waals surface area contributed by atoms with Crippen LogP contribution in [0.1, 0.15) is 10.4 Å². The summed E-state index contributed by atoms with van der Waals surface area (Å²) in [6.45, 7) is 0.172. The number of Topliss-reactive ketones (excluding diaryl/α,β-unsaturated/α-hetero) is 1. The van der Waals surface area contributed by atoms with Crippen molar-refractivity contribution in [3.8, 4) is 0 Å². The van der Waals surface area contributed by atoms with Crippen molar-refractivity contribution in [1.29, 1.82) is 0 Å². The number of fused-ring (bicyclic) bond motifs is 1. The molecule has 1 unspecified atom stereocenters. The molecule has 80 valence electrons. The molecule has 0 fully saturated rings. The van der Waals surface area contributed by atoms with Crippen molar-refractivity contribution in [2.75, 3.05) is 11.9 Å². The Morgan fingerprint density at radius 3 is 2.73 bits per heavy atom. The number of rotatable bonds is 1. The van der Waals surface area contributed by atoms with Gasteiger partial charge in [-0.15, -0.1) is 12.4 Å². The number of halogens is 1. The third-order valence-electron chi connectivity index (χ3n) is 2.30. The molecule has 2 N–H and O–H groups in total. The van der Waals surface area contributed by atoms with Crippen LogP contribution in [0.5, 0.6) is 0 Å². The molecule has 15 heavy (non-hydrogen) atoms. The summed E-state index contributed by atoms with van der Waals surface area (Å²) in [7, 11) is 0. The summed E-state index contributed by atoms with van der Waals surface area (Å²) >= 11 is 0. The van der Waals surface area contributed by atoms with E-state index in [1.807, 2.05) is 0 Å². The SMILES string of the molecule is Cl.O=C(O)C1CNc2ccccc2C1=O. The summed E-state index contributed by atoms with van der Waals surface area (Å²) in [6.07, 6.45) is 0. The summed E-state index contributed by atoms with van der Waals surface area (Å²) in [4.78, 5) is 22.4. The van der Waals surface area contributed by atoms with E-state index in [9.17, 15) is 9.59 Å². The molecule has 0 saturated carbocycles. The number of carboxylic acid groups (broad SMARTS) is 1. The molecular formula is C10H10ClNO3. The lowest BCUT2D eigenvalue weighted by Gasteiger charge is -2.21. The minimum atomic E-state index is -1.07. The number of hydrogen-bond donors (Lipinski definition) is 2. The van der Waals surface area contributed by atoms with Crippen molar-refractivity contribution in [3.05, 3.63) is 29.8 Å². The Kier molecular flexibility index (Phi) is 3.31. The predicted octanol–water partition coefficient (Wildman–Crippen LogP) is 1.42. The molecule has 0 amide bonds.